The third kappa shape index (κ3) is 3.18. The van der Waals surface area contributed by atoms with E-state index in [2.05, 4.69) is 5.92 Å². The summed E-state index contributed by atoms with van der Waals surface area (Å²) in [5, 5.41) is 19.1. The van der Waals surface area contributed by atoms with Crippen LogP contribution < -0.4 is 4.90 Å². The molecule has 0 aliphatic heterocycles. The number of non-ortho nitro benzene ring substituents is 1. The molecule has 94 valence electrons. The summed E-state index contributed by atoms with van der Waals surface area (Å²) in [7, 11) is 0. The molecule has 1 rings (SSSR count). The summed E-state index contributed by atoms with van der Waals surface area (Å²) in [4.78, 5) is 21.4. The summed E-state index contributed by atoms with van der Waals surface area (Å²) in [5.74, 6) is 0.132. The number of rotatable bonds is 5. The number of carbonyl (C=O) groups is 1. The number of carboxylic acids is 1. The molecule has 1 aromatic carbocycles. The molecular formula is C11H9FN2O4. The number of anilines is 1. The van der Waals surface area contributed by atoms with Crippen LogP contribution in [0.25, 0.3) is 0 Å². The molecule has 0 bridgehead atoms. The van der Waals surface area contributed by atoms with Gasteiger partial charge in [-0.3, -0.25) is 14.9 Å². The average Bonchev–Trinajstić information content (AvgIpc) is 2.27. The van der Waals surface area contributed by atoms with E-state index in [0.717, 1.165) is 23.1 Å². The minimum absolute atomic E-state index is 0.0825. The number of carboxylic acid groups (broad SMARTS) is 1. The van der Waals surface area contributed by atoms with Crippen LogP contribution in [0.15, 0.2) is 18.2 Å². The molecule has 0 saturated heterocycles. The molecule has 0 heterocycles. The Morgan fingerprint density at radius 1 is 1.61 bits per heavy atom. The Bertz CT molecular complexity index is 524. The first-order chi connectivity index (χ1) is 8.45. The molecule has 18 heavy (non-hydrogen) atoms. The van der Waals surface area contributed by atoms with E-state index < -0.39 is 28.9 Å². The van der Waals surface area contributed by atoms with Crippen LogP contribution in [0.5, 0.6) is 0 Å². The summed E-state index contributed by atoms with van der Waals surface area (Å²) in [6.07, 6.45) is 5.06. The van der Waals surface area contributed by atoms with Gasteiger partial charge in [0.1, 0.15) is 6.54 Å². The quantitative estimate of drug-likeness (QED) is 0.484. The van der Waals surface area contributed by atoms with Crippen LogP contribution in [0.4, 0.5) is 15.8 Å². The van der Waals surface area contributed by atoms with Gasteiger partial charge in [-0.25, -0.2) is 4.39 Å². The maximum atomic E-state index is 13.6. The molecule has 0 aliphatic carbocycles. The van der Waals surface area contributed by atoms with Crippen molar-refractivity contribution in [3.8, 4) is 12.3 Å². The molecule has 0 atom stereocenters. The number of nitrogens with zero attached hydrogens (tertiary/aromatic N) is 2. The van der Waals surface area contributed by atoms with Crippen molar-refractivity contribution in [2.24, 2.45) is 0 Å². The number of nitro groups is 1. The van der Waals surface area contributed by atoms with Crippen molar-refractivity contribution in [1.82, 2.24) is 0 Å². The highest BCUT2D eigenvalue weighted by molar-refractivity contribution is 5.74. The van der Waals surface area contributed by atoms with Gasteiger partial charge in [0.2, 0.25) is 0 Å². The lowest BCUT2D eigenvalue weighted by Crippen LogP contribution is -2.30. The van der Waals surface area contributed by atoms with Crippen LogP contribution in [0.1, 0.15) is 0 Å². The predicted octanol–water partition coefficient (Wildman–Crippen LogP) is 1.26. The number of hydrogen-bond donors (Lipinski definition) is 1. The smallest absolute Gasteiger partial charge is 0.323 e. The van der Waals surface area contributed by atoms with Crippen molar-refractivity contribution in [3.05, 3.63) is 34.1 Å². The van der Waals surface area contributed by atoms with Crippen molar-refractivity contribution >= 4 is 17.3 Å². The summed E-state index contributed by atoms with van der Waals surface area (Å²) in [5.41, 5.74) is -0.492. The van der Waals surface area contributed by atoms with Gasteiger partial charge in [-0.2, -0.15) is 0 Å². The van der Waals surface area contributed by atoms with Crippen molar-refractivity contribution in [3.63, 3.8) is 0 Å². The molecule has 0 radical (unpaired) electrons. The third-order valence-corrected chi connectivity index (χ3v) is 2.09. The Morgan fingerprint density at radius 3 is 2.72 bits per heavy atom. The van der Waals surface area contributed by atoms with Crippen LogP contribution in [-0.2, 0) is 4.79 Å². The largest absolute Gasteiger partial charge is 0.480 e. The molecule has 0 spiro atoms. The van der Waals surface area contributed by atoms with E-state index >= 15 is 0 Å². The molecule has 0 aliphatic rings. The molecule has 1 aromatic rings. The van der Waals surface area contributed by atoms with Crippen LogP contribution in [0.3, 0.4) is 0 Å². The number of terminal acetylenes is 1. The van der Waals surface area contributed by atoms with Crippen molar-refractivity contribution in [2.75, 3.05) is 18.0 Å². The molecule has 6 nitrogen and oxygen atoms in total. The molecule has 0 aromatic heterocycles. The van der Waals surface area contributed by atoms with Gasteiger partial charge in [-0.15, -0.1) is 6.42 Å². The Morgan fingerprint density at radius 2 is 2.28 bits per heavy atom. The normalized spacial score (nSPS) is 9.56. The summed E-state index contributed by atoms with van der Waals surface area (Å²) in [6, 6.07) is 2.94. The molecule has 7 heteroatoms. The molecular weight excluding hydrogens is 243 g/mol. The topological polar surface area (TPSA) is 83.7 Å². The molecule has 1 N–H and O–H groups in total. The Labute approximate surface area is 102 Å². The zero-order valence-corrected chi connectivity index (χ0v) is 9.17. The van der Waals surface area contributed by atoms with Crippen LogP contribution in [0.2, 0.25) is 0 Å². The minimum atomic E-state index is -1.18. The molecule has 0 unspecified atom stereocenters. The fourth-order valence-corrected chi connectivity index (χ4v) is 1.37. The van der Waals surface area contributed by atoms with E-state index in [1.54, 1.807) is 0 Å². The van der Waals surface area contributed by atoms with Gasteiger partial charge in [0.05, 0.1) is 23.2 Å². The highest BCUT2D eigenvalue weighted by Gasteiger charge is 2.17. The van der Waals surface area contributed by atoms with Gasteiger partial charge >= 0.3 is 5.97 Å². The summed E-state index contributed by atoms with van der Waals surface area (Å²) >= 11 is 0. The maximum Gasteiger partial charge on any atom is 0.323 e. The monoisotopic (exact) mass is 252 g/mol. The maximum absolute atomic E-state index is 13.6. The standard InChI is InChI=1S/C11H9FN2O4/c1-2-5-13(7-11(15)16)10-4-3-8(14(17)18)6-9(10)12/h1,3-4,6H,5,7H2,(H,15,16). The second kappa shape index (κ2) is 5.63. The van der Waals surface area contributed by atoms with Crippen LogP contribution in [-0.4, -0.2) is 29.1 Å². The number of nitro benzene ring substituents is 1. The van der Waals surface area contributed by atoms with E-state index in [4.69, 9.17) is 11.5 Å². The van der Waals surface area contributed by atoms with Gasteiger partial charge in [-0.05, 0) is 6.07 Å². The highest BCUT2D eigenvalue weighted by atomic mass is 19.1. The average molecular weight is 252 g/mol. The van der Waals surface area contributed by atoms with Gasteiger partial charge in [0, 0.05) is 6.07 Å². The summed E-state index contributed by atoms with van der Waals surface area (Å²) in [6.45, 7) is -0.597. The highest BCUT2D eigenvalue weighted by Crippen LogP contribution is 2.23. The Kier molecular flexibility index (Phi) is 4.21. The zero-order chi connectivity index (χ0) is 13.7. The first-order valence-electron chi connectivity index (χ1n) is 4.80. The second-order valence-corrected chi connectivity index (χ2v) is 3.35. The van der Waals surface area contributed by atoms with E-state index in [0.29, 0.717) is 0 Å². The fourth-order valence-electron chi connectivity index (χ4n) is 1.37. The summed E-state index contributed by atoms with van der Waals surface area (Å²) < 4.78 is 13.6. The fraction of sp³-hybridized carbons (Fsp3) is 0.182. The number of aliphatic carboxylic acids is 1. The number of halogens is 1. The van der Waals surface area contributed by atoms with E-state index in [1.165, 1.54) is 0 Å². The molecule has 0 amide bonds. The number of hydrogen-bond acceptors (Lipinski definition) is 4. The van der Waals surface area contributed by atoms with Gasteiger partial charge < -0.3 is 10.0 Å². The molecule has 0 saturated carbocycles. The lowest BCUT2D eigenvalue weighted by molar-refractivity contribution is -0.385. The lowest BCUT2D eigenvalue weighted by Gasteiger charge is -2.20. The first kappa shape index (κ1) is 13.4. The lowest BCUT2D eigenvalue weighted by atomic mass is 10.2. The number of benzene rings is 1. The third-order valence-electron chi connectivity index (χ3n) is 2.09. The van der Waals surface area contributed by atoms with Crippen molar-refractivity contribution in [2.45, 2.75) is 0 Å². The van der Waals surface area contributed by atoms with E-state index in [-0.39, 0.29) is 12.2 Å². The van der Waals surface area contributed by atoms with E-state index in [1.807, 2.05) is 0 Å². The second-order valence-electron chi connectivity index (χ2n) is 3.35. The first-order valence-corrected chi connectivity index (χ1v) is 4.80. The van der Waals surface area contributed by atoms with Gasteiger partial charge in [0.25, 0.3) is 5.69 Å². The van der Waals surface area contributed by atoms with Crippen LogP contribution >= 0.6 is 0 Å². The van der Waals surface area contributed by atoms with Gasteiger partial charge in [-0.1, -0.05) is 5.92 Å². The van der Waals surface area contributed by atoms with Crippen molar-refractivity contribution in [1.29, 1.82) is 0 Å². The zero-order valence-electron chi connectivity index (χ0n) is 9.17. The van der Waals surface area contributed by atoms with E-state index in [9.17, 15) is 19.3 Å². The van der Waals surface area contributed by atoms with Crippen LogP contribution in [0, 0.1) is 28.3 Å². The SMILES string of the molecule is C#CCN(CC(=O)O)c1ccc([N+](=O)[O-])cc1F. The Hall–Kier alpha value is -2.62. The van der Waals surface area contributed by atoms with Gasteiger partial charge in [0.15, 0.2) is 5.82 Å². The Balaban J connectivity index is 3.09. The molecule has 0 fully saturated rings. The minimum Gasteiger partial charge on any atom is -0.480 e. The van der Waals surface area contributed by atoms with Crippen molar-refractivity contribution < 1.29 is 19.2 Å². The predicted molar refractivity (Wildman–Crippen MR) is 61.7 cm³/mol.